The summed E-state index contributed by atoms with van der Waals surface area (Å²) in [4.78, 5) is 0. The molecule has 0 bridgehead atoms. The van der Waals surface area contributed by atoms with E-state index in [-0.39, 0.29) is 0 Å². The molecule has 1 unspecified atom stereocenters. The van der Waals surface area contributed by atoms with Crippen molar-refractivity contribution in [3.63, 3.8) is 0 Å². The zero-order valence-corrected chi connectivity index (χ0v) is 10.9. The Morgan fingerprint density at radius 2 is 1.60 bits per heavy atom. The van der Waals surface area contributed by atoms with Gasteiger partial charge in [-0.1, -0.05) is 58.4 Å². The predicted molar refractivity (Wildman–Crippen MR) is 70.0 cm³/mol. The van der Waals surface area contributed by atoms with Gasteiger partial charge in [-0.3, -0.25) is 0 Å². The first-order valence-corrected chi connectivity index (χ1v) is 6.58. The molecule has 0 saturated heterocycles. The van der Waals surface area contributed by atoms with Crippen LogP contribution in [0.25, 0.3) is 0 Å². The van der Waals surface area contributed by atoms with E-state index >= 15 is 0 Å². The lowest BCUT2D eigenvalue weighted by Gasteiger charge is -2.14. The third-order valence-corrected chi connectivity index (χ3v) is 2.73. The van der Waals surface area contributed by atoms with E-state index in [9.17, 15) is 0 Å². The van der Waals surface area contributed by atoms with Crippen LogP contribution in [-0.2, 0) is 0 Å². The average Bonchev–Trinajstić information content (AvgIpc) is 2.15. The van der Waals surface area contributed by atoms with Gasteiger partial charge in [0.1, 0.15) is 0 Å². The van der Waals surface area contributed by atoms with Gasteiger partial charge in [-0.15, -0.1) is 0 Å². The number of rotatable bonds is 10. The second kappa shape index (κ2) is 10.1. The van der Waals surface area contributed by atoms with E-state index in [1.165, 1.54) is 51.4 Å². The van der Waals surface area contributed by atoms with E-state index in [4.69, 9.17) is 0 Å². The van der Waals surface area contributed by atoms with E-state index in [2.05, 4.69) is 25.7 Å². The summed E-state index contributed by atoms with van der Waals surface area (Å²) in [5.41, 5.74) is 1.09. The highest BCUT2D eigenvalue weighted by molar-refractivity contribution is 4.86. The highest BCUT2D eigenvalue weighted by atomic mass is 14.9. The van der Waals surface area contributed by atoms with Crippen molar-refractivity contribution in [3.05, 3.63) is 12.3 Å². The molecule has 0 fully saturated rings. The van der Waals surface area contributed by atoms with Crippen LogP contribution in [0.1, 0.15) is 72.1 Å². The number of hydrogen-bond acceptors (Lipinski definition) is 1. The lowest BCUT2D eigenvalue weighted by atomic mass is 10.1. The maximum absolute atomic E-state index is 3.86. The van der Waals surface area contributed by atoms with Crippen molar-refractivity contribution in [1.82, 2.24) is 5.32 Å². The van der Waals surface area contributed by atoms with Crippen molar-refractivity contribution in [2.45, 2.75) is 78.2 Å². The van der Waals surface area contributed by atoms with Crippen LogP contribution >= 0.6 is 0 Å². The van der Waals surface area contributed by atoms with Crippen molar-refractivity contribution < 1.29 is 0 Å². The van der Waals surface area contributed by atoms with Crippen LogP contribution < -0.4 is 5.32 Å². The molecule has 0 aliphatic heterocycles. The van der Waals surface area contributed by atoms with E-state index < -0.39 is 0 Å². The van der Waals surface area contributed by atoms with Crippen molar-refractivity contribution >= 4 is 0 Å². The lowest BCUT2D eigenvalue weighted by Crippen LogP contribution is -2.23. The minimum Gasteiger partial charge on any atom is -0.387 e. The Morgan fingerprint density at radius 3 is 2.13 bits per heavy atom. The van der Waals surface area contributed by atoms with E-state index in [0.717, 1.165) is 5.70 Å². The van der Waals surface area contributed by atoms with Crippen LogP contribution in [0.2, 0.25) is 0 Å². The van der Waals surface area contributed by atoms with Gasteiger partial charge in [-0.2, -0.15) is 0 Å². The first kappa shape index (κ1) is 14.5. The topological polar surface area (TPSA) is 12.0 Å². The second-order valence-electron chi connectivity index (χ2n) is 4.74. The van der Waals surface area contributed by atoms with Crippen molar-refractivity contribution in [3.8, 4) is 0 Å². The Kier molecular flexibility index (Phi) is 9.76. The first-order valence-electron chi connectivity index (χ1n) is 6.58. The minimum absolute atomic E-state index is 0.596. The van der Waals surface area contributed by atoms with Gasteiger partial charge in [0.05, 0.1) is 0 Å². The molecule has 0 radical (unpaired) electrons. The molecule has 0 aromatic carbocycles. The van der Waals surface area contributed by atoms with Crippen LogP contribution in [-0.4, -0.2) is 6.04 Å². The monoisotopic (exact) mass is 211 g/mol. The molecule has 0 spiro atoms. The van der Waals surface area contributed by atoms with Gasteiger partial charge in [0.2, 0.25) is 0 Å². The third-order valence-electron chi connectivity index (χ3n) is 2.73. The Labute approximate surface area is 96.3 Å². The number of nitrogens with one attached hydrogen (secondary N) is 1. The maximum Gasteiger partial charge on any atom is 0.0229 e. The molecule has 0 heterocycles. The normalized spacial score (nSPS) is 12.5. The Morgan fingerprint density at radius 1 is 1.07 bits per heavy atom. The van der Waals surface area contributed by atoms with E-state index in [0.29, 0.717) is 6.04 Å². The molecule has 1 atom stereocenters. The minimum atomic E-state index is 0.596. The van der Waals surface area contributed by atoms with Gasteiger partial charge < -0.3 is 5.32 Å². The maximum atomic E-state index is 3.86. The quantitative estimate of drug-likeness (QED) is 0.519. The van der Waals surface area contributed by atoms with Crippen LogP contribution in [0.3, 0.4) is 0 Å². The first-order chi connectivity index (χ1) is 7.16. The number of unbranched alkanes of at least 4 members (excludes halogenated alkanes) is 6. The summed E-state index contributed by atoms with van der Waals surface area (Å²) in [5, 5.41) is 3.36. The fourth-order valence-electron chi connectivity index (χ4n) is 1.90. The van der Waals surface area contributed by atoms with Crippen molar-refractivity contribution in [2.75, 3.05) is 0 Å². The standard InChI is InChI=1S/C14H29N/c1-5-6-7-8-9-10-11-12-14(4)15-13(2)3/h14-15H,2,5-12H2,1,3-4H3. The molecular weight excluding hydrogens is 182 g/mol. The molecule has 0 aromatic heterocycles. The van der Waals surface area contributed by atoms with Crippen LogP contribution in [0.4, 0.5) is 0 Å². The number of allylic oxidation sites excluding steroid dienone is 1. The Balaban J connectivity index is 3.13. The van der Waals surface area contributed by atoms with Crippen molar-refractivity contribution in [1.29, 1.82) is 0 Å². The molecule has 1 nitrogen and oxygen atoms in total. The van der Waals surface area contributed by atoms with Crippen LogP contribution in [0.15, 0.2) is 12.3 Å². The van der Waals surface area contributed by atoms with Gasteiger partial charge in [-0.05, 0) is 20.3 Å². The van der Waals surface area contributed by atoms with Gasteiger partial charge >= 0.3 is 0 Å². The molecule has 0 rings (SSSR count). The smallest absolute Gasteiger partial charge is 0.0229 e. The highest BCUT2D eigenvalue weighted by Crippen LogP contribution is 2.09. The van der Waals surface area contributed by atoms with Crippen LogP contribution in [0, 0.1) is 0 Å². The molecule has 0 aliphatic rings. The second-order valence-corrected chi connectivity index (χ2v) is 4.74. The highest BCUT2D eigenvalue weighted by Gasteiger charge is 1.99. The van der Waals surface area contributed by atoms with Crippen LogP contribution in [0.5, 0.6) is 0 Å². The summed E-state index contributed by atoms with van der Waals surface area (Å²) >= 11 is 0. The van der Waals surface area contributed by atoms with Gasteiger partial charge in [0.25, 0.3) is 0 Å². The summed E-state index contributed by atoms with van der Waals surface area (Å²) < 4.78 is 0. The summed E-state index contributed by atoms with van der Waals surface area (Å²) in [5.74, 6) is 0. The average molecular weight is 211 g/mol. The summed E-state index contributed by atoms with van der Waals surface area (Å²) in [6, 6.07) is 0.596. The molecule has 1 N–H and O–H groups in total. The fraction of sp³-hybridized carbons (Fsp3) is 0.857. The Hall–Kier alpha value is -0.460. The van der Waals surface area contributed by atoms with Crippen molar-refractivity contribution in [2.24, 2.45) is 0 Å². The van der Waals surface area contributed by atoms with E-state index in [1.54, 1.807) is 0 Å². The summed E-state index contributed by atoms with van der Waals surface area (Å²) in [7, 11) is 0. The van der Waals surface area contributed by atoms with Gasteiger partial charge in [0.15, 0.2) is 0 Å². The molecule has 0 aromatic rings. The molecule has 0 aliphatic carbocycles. The molecule has 1 heteroatoms. The zero-order valence-electron chi connectivity index (χ0n) is 10.9. The molecule has 0 amide bonds. The molecule has 15 heavy (non-hydrogen) atoms. The lowest BCUT2D eigenvalue weighted by molar-refractivity contribution is 0.509. The summed E-state index contributed by atoms with van der Waals surface area (Å²) in [6.07, 6.45) is 11.1. The Bertz CT molecular complexity index is 151. The SMILES string of the molecule is C=C(C)NC(C)CCCCCCCCC. The predicted octanol–water partition coefficient (Wildman–Crippen LogP) is 4.64. The molecule has 0 saturated carbocycles. The van der Waals surface area contributed by atoms with Gasteiger partial charge in [0, 0.05) is 11.7 Å². The third kappa shape index (κ3) is 11.5. The molecular formula is C14H29N. The summed E-state index contributed by atoms with van der Waals surface area (Å²) in [6.45, 7) is 10.4. The fourth-order valence-corrected chi connectivity index (χ4v) is 1.90. The zero-order chi connectivity index (χ0) is 11.5. The van der Waals surface area contributed by atoms with Gasteiger partial charge in [-0.25, -0.2) is 0 Å². The number of hydrogen-bond donors (Lipinski definition) is 1. The largest absolute Gasteiger partial charge is 0.387 e. The van der Waals surface area contributed by atoms with E-state index in [1.807, 2.05) is 6.92 Å². The molecule has 90 valence electrons.